The van der Waals surface area contributed by atoms with E-state index in [1.165, 1.54) is 114 Å². The maximum atomic E-state index is 2.66. The van der Waals surface area contributed by atoms with Gasteiger partial charge in [0.1, 0.15) is 0 Å². The lowest BCUT2D eigenvalue weighted by molar-refractivity contribution is 1.15. The first-order valence-corrected chi connectivity index (χ1v) is 31.8. The largest absolute Gasteiger partial charge is 0.310 e. The summed E-state index contributed by atoms with van der Waals surface area (Å²) in [6, 6.07) is 120. The number of hydrogen-bond acceptors (Lipinski definition) is 2. The average molecular weight is 1160 g/mol. The molecule has 0 amide bonds. The van der Waals surface area contributed by atoms with Gasteiger partial charge < -0.3 is 18.6 Å². The Morgan fingerprint density at radius 2 is 0.644 bits per heavy atom. The highest BCUT2D eigenvalue weighted by Gasteiger charge is 2.43. The van der Waals surface area contributed by atoms with Gasteiger partial charge in [-0.1, -0.05) is 242 Å². The van der Waals surface area contributed by atoms with Gasteiger partial charge in [-0.3, -0.25) is 0 Å². The van der Waals surface area contributed by atoms with Gasteiger partial charge in [-0.2, -0.15) is 0 Å². The monoisotopic (exact) mass is 1160 g/mol. The van der Waals surface area contributed by atoms with E-state index in [2.05, 4.69) is 340 Å². The first-order valence-electron chi connectivity index (χ1n) is 31.0. The van der Waals surface area contributed by atoms with Gasteiger partial charge in [-0.05, 0) is 141 Å². The van der Waals surface area contributed by atoms with Crippen molar-refractivity contribution < 1.29 is 0 Å². The van der Waals surface area contributed by atoms with E-state index < -0.39 is 0 Å². The van der Waals surface area contributed by atoms with Gasteiger partial charge >= 0.3 is 0 Å². The van der Waals surface area contributed by atoms with Crippen molar-refractivity contribution in [2.75, 3.05) is 4.90 Å². The van der Waals surface area contributed by atoms with E-state index in [-0.39, 0.29) is 6.71 Å². The molecule has 14 aromatic carbocycles. The predicted octanol–water partition coefficient (Wildman–Crippen LogP) is 20.4. The fraction of sp³-hybridized carbons (Fsp3) is 0. The molecule has 19 rings (SSSR count). The van der Waals surface area contributed by atoms with Crippen molar-refractivity contribution in [2.24, 2.45) is 0 Å². The molecule has 5 heterocycles. The number of para-hydroxylation sites is 7. The van der Waals surface area contributed by atoms with Crippen molar-refractivity contribution in [1.29, 1.82) is 0 Å². The highest BCUT2D eigenvalue weighted by molar-refractivity contribution is 8.00. The summed E-state index contributed by atoms with van der Waals surface area (Å²) in [5.41, 5.74) is 27.3. The summed E-state index contributed by atoms with van der Waals surface area (Å²) >= 11 is 1.92. The molecule has 2 aliphatic rings. The Kier molecular flexibility index (Phi) is 11.4. The Bertz CT molecular complexity index is 5660. The molecule has 0 saturated carbocycles. The average Bonchev–Trinajstić information content (AvgIpc) is 3.66. The van der Waals surface area contributed by atoms with E-state index in [0.29, 0.717) is 0 Å². The quantitative estimate of drug-likeness (QED) is 0.141. The third-order valence-electron chi connectivity index (χ3n) is 19.1. The van der Waals surface area contributed by atoms with Crippen molar-refractivity contribution >= 4 is 117 Å². The van der Waals surface area contributed by atoms with Gasteiger partial charge in [-0.25, -0.2) is 0 Å². The number of benzene rings is 14. The lowest BCUT2D eigenvalue weighted by Crippen LogP contribution is -2.60. The van der Waals surface area contributed by atoms with Gasteiger partial charge in [0.2, 0.25) is 6.71 Å². The second-order valence-corrected chi connectivity index (χ2v) is 25.0. The summed E-state index contributed by atoms with van der Waals surface area (Å²) in [7, 11) is 0. The zero-order valence-corrected chi connectivity index (χ0v) is 49.7. The molecule has 2 aliphatic heterocycles. The van der Waals surface area contributed by atoms with E-state index in [1.807, 2.05) is 11.8 Å². The van der Waals surface area contributed by atoms with Crippen LogP contribution in [0.2, 0.25) is 0 Å². The highest BCUT2D eigenvalue weighted by Crippen LogP contribution is 2.51. The molecule has 0 unspecified atom stereocenters. The molecule has 0 bridgehead atoms. The summed E-state index contributed by atoms with van der Waals surface area (Å²) in [5.74, 6) is 0. The summed E-state index contributed by atoms with van der Waals surface area (Å²) in [6.45, 7) is -0.0884. The molecule has 0 radical (unpaired) electrons. The Morgan fingerprint density at radius 1 is 0.244 bits per heavy atom. The van der Waals surface area contributed by atoms with Gasteiger partial charge in [0.05, 0.1) is 38.8 Å². The maximum absolute atomic E-state index is 2.66. The topological polar surface area (TPSA) is 18.0 Å². The Labute approximate surface area is 525 Å². The molecule has 17 aromatic rings. The van der Waals surface area contributed by atoms with Crippen molar-refractivity contribution in [3.63, 3.8) is 0 Å². The summed E-state index contributed by atoms with van der Waals surface area (Å²) in [6.07, 6.45) is 0. The standard InChI is InChI=1S/C84H53BN4S/c1-5-22-54(23-6-1)63-34-21-35-64(55-24-7-2-8-25-55)84(63)89-79-50-58(56-42-46-77-69(48-56)67-32-15-19-38-75(67)86(77)60-26-9-3-10-27-60)40-44-71(79)85-72-45-41-59(57-43-47-78-70(49-57)68-33-16-20-39-76(68)87(78)61-28-11-4-12-29-61)51-81(72)90-82-53-62(52-80(89)83(82)85)88-73-36-17-13-30-65(73)66-31-14-18-37-74(66)88/h1-53H. The molecule has 0 aliphatic carbocycles. The number of rotatable bonds is 8. The summed E-state index contributed by atoms with van der Waals surface area (Å²) < 4.78 is 7.32. The van der Waals surface area contributed by atoms with Gasteiger partial charge in [0, 0.05) is 81.7 Å². The molecule has 0 fully saturated rings. The maximum Gasteiger partial charge on any atom is 0.249 e. The van der Waals surface area contributed by atoms with Crippen LogP contribution in [0.15, 0.2) is 331 Å². The highest BCUT2D eigenvalue weighted by atomic mass is 32.2. The third kappa shape index (κ3) is 7.71. The fourth-order valence-electron chi connectivity index (χ4n) is 15.2. The number of nitrogens with zero attached hydrogens (tertiary/aromatic N) is 4. The summed E-state index contributed by atoms with van der Waals surface area (Å²) in [5, 5.41) is 7.42. The SMILES string of the molecule is c1ccc(-c2cccc(-c3ccccc3)c2N2c3cc(-c4ccc5c(c4)c4ccccc4n5-c4ccccc4)ccc3B3c4ccc(-c5ccc6c(c5)c5ccccc5n6-c5ccccc5)cc4Sc4cc(-n5c6ccccc6c6ccccc65)cc2c43)cc1. The third-order valence-corrected chi connectivity index (χ3v) is 20.2. The Morgan fingerprint density at radius 3 is 1.16 bits per heavy atom. The molecule has 4 nitrogen and oxygen atoms in total. The van der Waals surface area contributed by atoms with Crippen molar-refractivity contribution in [2.45, 2.75) is 9.79 Å². The minimum Gasteiger partial charge on any atom is -0.310 e. The van der Waals surface area contributed by atoms with Gasteiger partial charge in [0.15, 0.2) is 0 Å². The summed E-state index contributed by atoms with van der Waals surface area (Å²) in [4.78, 5) is 5.18. The van der Waals surface area contributed by atoms with Crippen LogP contribution >= 0.6 is 11.8 Å². The number of anilines is 3. The molecule has 418 valence electrons. The molecule has 3 aromatic heterocycles. The molecule has 0 saturated heterocycles. The first-order chi connectivity index (χ1) is 44.7. The molecule has 90 heavy (non-hydrogen) atoms. The van der Waals surface area contributed by atoms with Crippen LogP contribution in [0.25, 0.3) is 127 Å². The molecule has 0 N–H and O–H groups in total. The second-order valence-electron chi connectivity index (χ2n) is 23.9. The molecular formula is C84H53BN4S. The normalized spacial score (nSPS) is 12.6. The molecule has 0 spiro atoms. The first kappa shape index (κ1) is 50.8. The minimum absolute atomic E-state index is 0.0884. The number of aromatic nitrogens is 3. The van der Waals surface area contributed by atoms with Crippen LogP contribution in [0.4, 0.5) is 17.1 Å². The van der Waals surface area contributed by atoms with Crippen LogP contribution in [0.3, 0.4) is 0 Å². The Hall–Kier alpha value is -11.3. The molecule has 6 heteroatoms. The van der Waals surface area contributed by atoms with E-state index in [9.17, 15) is 0 Å². The fourth-order valence-corrected chi connectivity index (χ4v) is 16.4. The van der Waals surface area contributed by atoms with Crippen LogP contribution in [-0.4, -0.2) is 20.4 Å². The van der Waals surface area contributed by atoms with Crippen LogP contribution in [0, 0.1) is 0 Å². The van der Waals surface area contributed by atoms with Gasteiger partial charge in [0.25, 0.3) is 0 Å². The van der Waals surface area contributed by atoms with Crippen LogP contribution in [-0.2, 0) is 0 Å². The lowest BCUT2D eigenvalue weighted by atomic mass is 9.34. The zero-order chi connectivity index (χ0) is 59.0. The smallest absolute Gasteiger partial charge is 0.249 e. The Balaban J connectivity index is 0.883. The van der Waals surface area contributed by atoms with Gasteiger partial charge in [-0.15, -0.1) is 0 Å². The van der Waals surface area contributed by atoms with Crippen molar-refractivity contribution in [1.82, 2.24) is 13.7 Å². The second kappa shape index (κ2) is 20.1. The zero-order valence-electron chi connectivity index (χ0n) is 48.9. The molecule has 0 atom stereocenters. The predicted molar refractivity (Wildman–Crippen MR) is 381 cm³/mol. The van der Waals surface area contributed by atoms with Crippen molar-refractivity contribution in [3.05, 3.63) is 322 Å². The van der Waals surface area contributed by atoms with Crippen LogP contribution < -0.4 is 21.3 Å². The van der Waals surface area contributed by atoms with E-state index in [0.717, 1.165) is 56.3 Å². The number of hydrogen-bond donors (Lipinski definition) is 0. The molecular weight excluding hydrogens is 1110 g/mol. The lowest BCUT2D eigenvalue weighted by Gasteiger charge is -2.42. The van der Waals surface area contributed by atoms with E-state index in [4.69, 9.17) is 0 Å². The van der Waals surface area contributed by atoms with Crippen LogP contribution in [0.5, 0.6) is 0 Å². The van der Waals surface area contributed by atoms with Crippen molar-refractivity contribution in [3.8, 4) is 61.6 Å². The van der Waals surface area contributed by atoms with E-state index in [1.54, 1.807) is 0 Å². The minimum atomic E-state index is -0.0884. The number of fused-ring (bicyclic) bond motifs is 13. The van der Waals surface area contributed by atoms with E-state index >= 15 is 0 Å². The van der Waals surface area contributed by atoms with Crippen LogP contribution in [0.1, 0.15) is 0 Å².